The Kier molecular flexibility index (Phi) is 6.81. The SMILES string of the molecule is CNS(=O)(=O)Nc1nccc(CN2C(=O)Oc3cc(Oc4nc(COC)n[nH]4)ccc3C2C)c1F. The third-order valence-corrected chi connectivity index (χ3v) is 6.14. The number of H-pyrrole nitrogens is 1. The first-order chi connectivity index (χ1) is 16.7. The fraction of sp³-hybridized carbons (Fsp3) is 0.300. The number of nitrogens with one attached hydrogen (secondary N) is 3. The second kappa shape index (κ2) is 9.81. The van der Waals surface area contributed by atoms with Crippen LogP contribution in [0.2, 0.25) is 0 Å². The lowest BCUT2D eigenvalue weighted by Crippen LogP contribution is -2.39. The van der Waals surface area contributed by atoms with Crippen LogP contribution in [0.15, 0.2) is 30.5 Å². The van der Waals surface area contributed by atoms with Crippen LogP contribution in [-0.2, 0) is 28.1 Å². The van der Waals surface area contributed by atoms with E-state index in [0.29, 0.717) is 17.1 Å². The summed E-state index contributed by atoms with van der Waals surface area (Å²) in [6.07, 6.45) is 0.531. The van der Waals surface area contributed by atoms with E-state index in [1.807, 2.05) is 9.44 Å². The number of hydrogen-bond donors (Lipinski definition) is 3. The molecule has 3 heterocycles. The standard InChI is InChI=1S/C20H22FN7O6S/c1-11-14-5-4-13(33-19-24-16(10-32-3)25-26-19)8-15(14)34-20(29)28(11)9-12-6-7-23-18(17(12)21)27-35(30,31)22-2/h4-8,11,22H,9-10H2,1-3H3,(H,23,27)(H,24,25,26). The van der Waals surface area contributed by atoms with E-state index in [2.05, 4.69) is 20.2 Å². The Balaban J connectivity index is 1.52. The van der Waals surface area contributed by atoms with Crippen LogP contribution in [0.25, 0.3) is 0 Å². The van der Waals surface area contributed by atoms with Crippen molar-refractivity contribution in [2.45, 2.75) is 26.1 Å². The topological polar surface area (TPSA) is 161 Å². The molecule has 0 bridgehead atoms. The number of pyridine rings is 1. The van der Waals surface area contributed by atoms with Crippen molar-refractivity contribution < 1.29 is 31.8 Å². The number of anilines is 1. The zero-order valence-electron chi connectivity index (χ0n) is 18.9. The van der Waals surface area contributed by atoms with Crippen molar-refractivity contribution in [2.75, 3.05) is 18.9 Å². The number of rotatable bonds is 9. The third-order valence-electron chi connectivity index (χ3n) is 5.14. The molecule has 1 amide bonds. The van der Waals surface area contributed by atoms with Crippen LogP contribution >= 0.6 is 0 Å². The molecule has 15 heteroatoms. The molecular weight excluding hydrogens is 485 g/mol. The lowest BCUT2D eigenvalue weighted by Gasteiger charge is -2.34. The van der Waals surface area contributed by atoms with Gasteiger partial charge in [0.2, 0.25) is 0 Å². The molecule has 2 aromatic heterocycles. The fourth-order valence-electron chi connectivity index (χ4n) is 3.36. The number of amides is 1. The number of hydrogen-bond acceptors (Lipinski definition) is 9. The van der Waals surface area contributed by atoms with Crippen LogP contribution in [0.1, 0.15) is 29.9 Å². The summed E-state index contributed by atoms with van der Waals surface area (Å²) < 4.78 is 58.4. The van der Waals surface area contributed by atoms with Crippen LogP contribution < -0.4 is 18.9 Å². The van der Waals surface area contributed by atoms with E-state index in [1.54, 1.807) is 19.1 Å². The van der Waals surface area contributed by atoms with Gasteiger partial charge in [-0.05, 0) is 25.1 Å². The van der Waals surface area contributed by atoms with Crippen LogP contribution in [0.4, 0.5) is 15.0 Å². The molecule has 4 rings (SSSR count). The zero-order valence-corrected chi connectivity index (χ0v) is 19.7. The molecule has 0 aliphatic carbocycles. The number of ether oxygens (including phenoxy) is 3. The summed E-state index contributed by atoms with van der Waals surface area (Å²) in [6, 6.07) is 5.95. The van der Waals surface area contributed by atoms with Gasteiger partial charge in [-0.25, -0.2) is 24.0 Å². The van der Waals surface area contributed by atoms with Crippen LogP contribution in [0, 0.1) is 5.82 Å². The van der Waals surface area contributed by atoms with Gasteiger partial charge in [-0.3, -0.25) is 9.62 Å². The van der Waals surface area contributed by atoms with E-state index < -0.39 is 34.0 Å². The lowest BCUT2D eigenvalue weighted by atomic mass is 10.0. The van der Waals surface area contributed by atoms with Crippen molar-refractivity contribution in [1.29, 1.82) is 0 Å². The van der Waals surface area contributed by atoms with Gasteiger partial charge in [-0.15, -0.1) is 0 Å². The van der Waals surface area contributed by atoms with Crippen molar-refractivity contribution >= 4 is 22.1 Å². The fourth-order valence-corrected chi connectivity index (χ4v) is 3.86. The average molecular weight is 508 g/mol. The molecule has 3 aromatic rings. The summed E-state index contributed by atoms with van der Waals surface area (Å²) in [5.74, 6) is -0.329. The Morgan fingerprint density at radius 1 is 1.31 bits per heavy atom. The first-order valence-corrected chi connectivity index (χ1v) is 11.7. The van der Waals surface area contributed by atoms with Crippen LogP contribution in [-0.4, -0.2) is 53.7 Å². The number of fused-ring (bicyclic) bond motifs is 1. The van der Waals surface area contributed by atoms with Gasteiger partial charge in [-0.2, -0.15) is 18.5 Å². The van der Waals surface area contributed by atoms with Gasteiger partial charge in [0.1, 0.15) is 18.1 Å². The highest BCUT2D eigenvalue weighted by Crippen LogP contribution is 2.38. The second-order valence-corrected chi connectivity index (χ2v) is 9.02. The molecule has 0 spiro atoms. The lowest BCUT2D eigenvalue weighted by molar-refractivity contribution is 0.116. The number of aromatic amines is 1. The molecule has 0 saturated carbocycles. The Bertz CT molecular complexity index is 1350. The molecule has 1 aliphatic rings. The van der Waals surface area contributed by atoms with Gasteiger partial charge in [0.05, 0.1) is 12.6 Å². The van der Waals surface area contributed by atoms with Gasteiger partial charge in [0.25, 0.3) is 10.2 Å². The van der Waals surface area contributed by atoms with Crippen molar-refractivity contribution in [1.82, 2.24) is 29.8 Å². The highest BCUT2D eigenvalue weighted by molar-refractivity contribution is 7.90. The van der Waals surface area contributed by atoms with Gasteiger partial charge in [0.15, 0.2) is 17.5 Å². The predicted molar refractivity (Wildman–Crippen MR) is 119 cm³/mol. The molecule has 1 aromatic carbocycles. The quantitative estimate of drug-likeness (QED) is 0.394. The minimum Gasteiger partial charge on any atom is -0.424 e. The van der Waals surface area contributed by atoms with Gasteiger partial charge < -0.3 is 14.2 Å². The minimum atomic E-state index is -3.97. The van der Waals surface area contributed by atoms with Crippen molar-refractivity contribution in [3.05, 3.63) is 53.2 Å². The smallest absolute Gasteiger partial charge is 0.416 e. The highest BCUT2D eigenvalue weighted by Gasteiger charge is 2.33. The van der Waals surface area contributed by atoms with E-state index in [4.69, 9.17) is 14.2 Å². The highest BCUT2D eigenvalue weighted by atomic mass is 32.2. The van der Waals surface area contributed by atoms with Gasteiger partial charge >= 0.3 is 12.1 Å². The number of halogens is 1. The monoisotopic (exact) mass is 507 g/mol. The number of carbonyl (C=O) groups is 1. The first kappa shape index (κ1) is 24.3. The number of benzene rings is 1. The maximum Gasteiger partial charge on any atom is 0.416 e. The Morgan fingerprint density at radius 3 is 2.86 bits per heavy atom. The van der Waals surface area contributed by atoms with Gasteiger partial charge in [0, 0.05) is 37.5 Å². The van der Waals surface area contributed by atoms with Crippen LogP contribution in [0.5, 0.6) is 17.5 Å². The van der Waals surface area contributed by atoms with E-state index >= 15 is 0 Å². The number of methoxy groups -OCH3 is 1. The van der Waals surface area contributed by atoms with Crippen molar-refractivity contribution in [3.8, 4) is 17.5 Å². The molecule has 0 saturated heterocycles. The minimum absolute atomic E-state index is 0.0539. The maximum absolute atomic E-state index is 14.9. The summed E-state index contributed by atoms with van der Waals surface area (Å²) in [5, 5.41) is 6.58. The molecule has 1 unspecified atom stereocenters. The second-order valence-electron chi connectivity index (χ2n) is 7.41. The summed E-state index contributed by atoms with van der Waals surface area (Å²) in [7, 11) is -1.28. The molecule has 0 radical (unpaired) electrons. The summed E-state index contributed by atoms with van der Waals surface area (Å²) in [4.78, 5) is 21.9. The Morgan fingerprint density at radius 2 is 2.11 bits per heavy atom. The number of aromatic nitrogens is 4. The van der Waals surface area contributed by atoms with E-state index in [9.17, 15) is 17.6 Å². The number of nitrogens with zero attached hydrogens (tertiary/aromatic N) is 4. The molecule has 1 atom stereocenters. The number of carbonyl (C=O) groups excluding carboxylic acids is 1. The summed E-state index contributed by atoms with van der Waals surface area (Å²) in [6.45, 7) is 1.80. The molecule has 186 valence electrons. The van der Waals surface area contributed by atoms with Gasteiger partial charge in [-0.1, -0.05) is 0 Å². The molecular formula is C20H22FN7O6S. The molecule has 3 N–H and O–H groups in total. The average Bonchev–Trinajstić information content (AvgIpc) is 3.25. The molecule has 1 aliphatic heterocycles. The van der Waals surface area contributed by atoms with E-state index in [0.717, 1.165) is 0 Å². The van der Waals surface area contributed by atoms with E-state index in [1.165, 1.54) is 37.4 Å². The Labute approximate surface area is 199 Å². The van der Waals surface area contributed by atoms with Crippen molar-refractivity contribution in [3.63, 3.8) is 0 Å². The molecule has 13 nitrogen and oxygen atoms in total. The normalized spacial score (nSPS) is 15.5. The largest absolute Gasteiger partial charge is 0.424 e. The zero-order chi connectivity index (χ0) is 25.2. The molecule has 0 fully saturated rings. The Hall–Kier alpha value is -3.82. The van der Waals surface area contributed by atoms with Crippen molar-refractivity contribution in [2.24, 2.45) is 0 Å². The maximum atomic E-state index is 14.9. The summed E-state index contributed by atoms with van der Waals surface area (Å²) >= 11 is 0. The summed E-state index contributed by atoms with van der Waals surface area (Å²) in [5.41, 5.74) is 0.721. The first-order valence-electron chi connectivity index (χ1n) is 10.3. The predicted octanol–water partition coefficient (Wildman–Crippen LogP) is 2.23. The van der Waals surface area contributed by atoms with Crippen LogP contribution in [0.3, 0.4) is 0 Å². The molecule has 35 heavy (non-hydrogen) atoms. The third kappa shape index (κ3) is 5.31. The van der Waals surface area contributed by atoms with E-state index in [-0.39, 0.29) is 30.5 Å².